The summed E-state index contributed by atoms with van der Waals surface area (Å²) in [6, 6.07) is 4.54. The van der Waals surface area contributed by atoms with E-state index >= 15 is 0 Å². The quantitative estimate of drug-likeness (QED) is 0.604. The van der Waals surface area contributed by atoms with Crippen LogP contribution in [-0.2, 0) is 5.41 Å². The van der Waals surface area contributed by atoms with Crippen molar-refractivity contribution in [3.63, 3.8) is 0 Å². The molecule has 1 aromatic carbocycles. The van der Waals surface area contributed by atoms with E-state index in [-0.39, 0.29) is 5.41 Å². The SMILES string of the molecule is C=Cc1c(/C=C/C)ccc2c1C=C([Si](C)(C)C)C2(C)C. The van der Waals surface area contributed by atoms with E-state index in [4.69, 9.17) is 0 Å². The molecule has 106 valence electrons. The summed E-state index contributed by atoms with van der Waals surface area (Å²) in [7, 11) is -1.32. The number of fused-ring (bicyclic) bond motifs is 1. The molecule has 0 bridgehead atoms. The highest BCUT2D eigenvalue weighted by molar-refractivity contribution is 6.84. The van der Waals surface area contributed by atoms with Crippen molar-refractivity contribution in [2.24, 2.45) is 0 Å². The predicted molar refractivity (Wildman–Crippen MR) is 95.6 cm³/mol. The highest BCUT2D eigenvalue weighted by Crippen LogP contribution is 2.47. The van der Waals surface area contributed by atoms with Gasteiger partial charge in [0.2, 0.25) is 0 Å². The van der Waals surface area contributed by atoms with Gasteiger partial charge in [0.25, 0.3) is 0 Å². The Labute approximate surface area is 124 Å². The van der Waals surface area contributed by atoms with Crippen molar-refractivity contribution in [2.75, 3.05) is 0 Å². The molecule has 0 nitrogen and oxygen atoms in total. The molecule has 20 heavy (non-hydrogen) atoms. The zero-order chi connectivity index (χ0) is 15.1. The Balaban J connectivity index is 2.74. The van der Waals surface area contributed by atoms with Crippen LogP contribution in [0.15, 0.2) is 30.0 Å². The first-order valence-electron chi connectivity index (χ1n) is 7.38. The maximum Gasteiger partial charge on any atom is 0.0736 e. The summed E-state index contributed by atoms with van der Waals surface area (Å²) >= 11 is 0. The lowest BCUT2D eigenvalue weighted by molar-refractivity contribution is 0.663. The molecule has 0 saturated carbocycles. The Bertz CT molecular complexity index is 607. The van der Waals surface area contributed by atoms with Gasteiger partial charge in [-0.05, 0) is 29.2 Å². The number of allylic oxidation sites excluding steroid dienone is 2. The summed E-state index contributed by atoms with van der Waals surface area (Å²) in [5.74, 6) is 0. The van der Waals surface area contributed by atoms with Gasteiger partial charge in [-0.15, -0.1) is 0 Å². The van der Waals surface area contributed by atoms with Crippen LogP contribution < -0.4 is 0 Å². The van der Waals surface area contributed by atoms with Gasteiger partial charge in [0.1, 0.15) is 0 Å². The smallest absolute Gasteiger partial charge is 0.0736 e. The third-order valence-electron chi connectivity index (χ3n) is 4.31. The molecule has 1 aromatic rings. The highest BCUT2D eigenvalue weighted by Gasteiger charge is 2.39. The van der Waals surface area contributed by atoms with E-state index in [0.29, 0.717) is 0 Å². The molecule has 0 amide bonds. The third kappa shape index (κ3) is 2.24. The van der Waals surface area contributed by atoms with Crippen molar-refractivity contribution in [1.29, 1.82) is 0 Å². The molecule has 1 heteroatoms. The van der Waals surface area contributed by atoms with Crippen LogP contribution >= 0.6 is 0 Å². The molecule has 0 unspecified atom stereocenters. The molecule has 0 N–H and O–H groups in total. The molecule has 1 aliphatic carbocycles. The van der Waals surface area contributed by atoms with Crippen molar-refractivity contribution in [1.82, 2.24) is 0 Å². The Morgan fingerprint density at radius 1 is 1.15 bits per heavy atom. The molecule has 0 spiro atoms. The van der Waals surface area contributed by atoms with E-state index in [0.717, 1.165) is 0 Å². The van der Waals surface area contributed by atoms with Crippen molar-refractivity contribution in [3.8, 4) is 0 Å². The van der Waals surface area contributed by atoms with Crippen LogP contribution in [0.5, 0.6) is 0 Å². The lowest BCUT2D eigenvalue weighted by Crippen LogP contribution is -2.34. The molecule has 0 heterocycles. The maximum atomic E-state index is 4.03. The molecular formula is C19H26Si. The second-order valence-electron chi connectivity index (χ2n) is 7.17. The average Bonchev–Trinajstić information content (AvgIpc) is 2.61. The molecule has 0 aromatic heterocycles. The molecule has 0 fully saturated rings. The summed E-state index contributed by atoms with van der Waals surface area (Å²) in [4.78, 5) is 0. The molecular weight excluding hydrogens is 256 g/mol. The third-order valence-corrected chi connectivity index (χ3v) is 6.70. The van der Waals surface area contributed by atoms with Gasteiger partial charge >= 0.3 is 0 Å². The van der Waals surface area contributed by atoms with Crippen LogP contribution in [0.1, 0.15) is 43.0 Å². The largest absolute Gasteiger partial charge is 0.0984 e. The van der Waals surface area contributed by atoms with Gasteiger partial charge < -0.3 is 0 Å². The van der Waals surface area contributed by atoms with Crippen LogP contribution in [0.3, 0.4) is 0 Å². The van der Waals surface area contributed by atoms with E-state index in [1.54, 1.807) is 5.20 Å². The first-order valence-corrected chi connectivity index (χ1v) is 10.9. The van der Waals surface area contributed by atoms with Gasteiger partial charge in [-0.2, -0.15) is 0 Å². The fourth-order valence-corrected chi connectivity index (χ4v) is 6.12. The topological polar surface area (TPSA) is 0 Å². The van der Waals surface area contributed by atoms with E-state index in [1.165, 1.54) is 22.3 Å². The van der Waals surface area contributed by atoms with Crippen LogP contribution in [-0.4, -0.2) is 8.07 Å². The fourth-order valence-electron chi connectivity index (χ4n) is 3.53. The Morgan fingerprint density at radius 3 is 2.30 bits per heavy atom. The van der Waals surface area contributed by atoms with Crippen molar-refractivity contribution < 1.29 is 0 Å². The van der Waals surface area contributed by atoms with E-state index in [2.05, 4.69) is 77.4 Å². The molecule has 0 radical (unpaired) electrons. The molecule has 1 aliphatic rings. The zero-order valence-electron chi connectivity index (χ0n) is 13.7. The van der Waals surface area contributed by atoms with Gasteiger partial charge in [0.15, 0.2) is 0 Å². The normalized spacial score (nSPS) is 17.2. The number of rotatable bonds is 3. The van der Waals surface area contributed by atoms with Gasteiger partial charge in [-0.3, -0.25) is 0 Å². The molecule has 0 atom stereocenters. The minimum Gasteiger partial charge on any atom is -0.0984 e. The zero-order valence-corrected chi connectivity index (χ0v) is 14.7. The van der Waals surface area contributed by atoms with Crippen molar-refractivity contribution in [3.05, 3.63) is 52.2 Å². The predicted octanol–water partition coefficient (Wildman–Crippen LogP) is 5.91. The molecule has 0 aliphatic heterocycles. The summed E-state index contributed by atoms with van der Waals surface area (Å²) < 4.78 is 0. The van der Waals surface area contributed by atoms with Crippen molar-refractivity contribution in [2.45, 2.75) is 45.8 Å². The first-order chi connectivity index (χ1) is 9.23. The number of benzene rings is 1. The summed E-state index contributed by atoms with van der Waals surface area (Å²) in [6.07, 6.45) is 8.72. The van der Waals surface area contributed by atoms with E-state index in [1.807, 2.05) is 6.08 Å². The van der Waals surface area contributed by atoms with Gasteiger partial charge in [0.05, 0.1) is 8.07 Å². The molecule has 0 saturated heterocycles. The summed E-state index contributed by atoms with van der Waals surface area (Å²) in [6.45, 7) is 18.1. The minimum absolute atomic E-state index is 0.159. The second kappa shape index (κ2) is 4.89. The monoisotopic (exact) mass is 282 g/mol. The standard InChI is InChI=1S/C19H26Si/c1-8-10-14-11-12-17-16(15(14)9-2)13-18(19(17,3)4)20(5,6)7/h8-13H,2H2,1,3-7H3/b10-8+. The van der Waals surface area contributed by atoms with Crippen LogP contribution in [0.2, 0.25) is 19.6 Å². The number of hydrogen-bond donors (Lipinski definition) is 0. The molecule has 2 rings (SSSR count). The summed E-state index contributed by atoms with van der Waals surface area (Å²) in [5, 5.41) is 1.64. The first kappa shape index (κ1) is 15.1. The maximum absolute atomic E-state index is 4.03. The van der Waals surface area contributed by atoms with Crippen LogP contribution in [0.4, 0.5) is 0 Å². The second-order valence-corrected chi connectivity index (χ2v) is 12.2. The van der Waals surface area contributed by atoms with Crippen molar-refractivity contribution >= 4 is 26.3 Å². The highest BCUT2D eigenvalue weighted by atomic mass is 28.3. The Morgan fingerprint density at radius 2 is 1.80 bits per heavy atom. The fraction of sp³-hybridized carbons (Fsp3) is 0.368. The lowest BCUT2D eigenvalue weighted by atomic mass is 9.84. The van der Waals surface area contributed by atoms with Crippen LogP contribution in [0, 0.1) is 0 Å². The van der Waals surface area contributed by atoms with Gasteiger partial charge in [0, 0.05) is 5.41 Å². The summed E-state index contributed by atoms with van der Waals surface area (Å²) in [5.41, 5.74) is 5.55. The lowest BCUT2D eigenvalue weighted by Gasteiger charge is -2.32. The van der Waals surface area contributed by atoms with E-state index in [9.17, 15) is 0 Å². The van der Waals surface area contributed by atoms with Gasteiger partial charge in [-0.25, -0.2) is 0 Å². The Hall–Kier alpha value is -1.34. The minimum atomic E-state index is -1.32. The van der Waals surface area contributed by atoms with E-state index < -0.39 is 8.07 Å². The Kier molecular flexibility index (Phi) is 3.68. The van der Waals surface area contributed by atoms with Gasteiger partial charge in [-0.1, -0.05) is 81.7 Å². The number of hydrogen-bond acceptors (Lipinski definition) is 0. The average molecular weight is 283 g/mol. The van der Waals surface area contributed by atoms with Crippen LogP contribution in [0.25, 0.3) is 18.2 Å².